The molecular weight excluding hydrogens is 152 g/mol. The smallest absolute Gasteiger partial charge is 0.217 e. The SMILES string of the molecule is CO[Si](C)(C)c1cc[c]cc1. The van der Waals surface area contributed by atoms with Gasteiger partial charge in [-0.2, -0.15) is 0 Å². The van der Waals surface area contributed by atoms with Crippen LogP contribution < -0.4 is 5.19 Å². The Balaban J connectivity index is 2.93. The van der Waals surface area contributed by atoms with E-state index in [4.69, 9.17) is 4.43 Å². The zero-order valence-corrected chi connectivity index (χ0v) is 8.22. The Hall–Kier alpha value is -0.603. The molecule has 0 aliphatic rings. The standard InChI is InChI=1S/C9H13OSi/c1-10-11(2,3)9-7-5-4-6-8-9/h5-8H,1-3H3. The third kappa shape index (κ3) is 1.91. The topological polar surface area (TPSA) is 9.23 Å². The Morgan fingerprint density at radius 3 is 2.27 bits per heavy atom. The average molecular weight is 165 g/mol. The summed E-state index contributed by atoms with van der Waals surface area (Å²) in [5.41, 5.74) is 0. The molecule has 0 saturated heterocycles. The van der Waals surface area contributed by atoms with E-state index in [0.717, 1.165) is 0 Å². The van der Waals surface area contributed by atoms with E-state index in [9.17, 15) is 0 Å². The predicted octanol–water partition coefficient (Wildman–Crippen LogP) is 1.55. The Morgan fingerprint density at radius 1 is 1.27 bits per heavy atom. The van der Waals surface area contributed by atoms with Crippen LogP contribution in [0.5, 0.6) is 0 Å². The van der Waals surface area contributed by atoms with Crippen LogP contribution in [0, 0.1) is 6.07 Å². The summed E-state index contributed by atoms with van der Waals surface area (Å²) in [5, 5.41) is 1.32. The van der Waals surface area contributed by atoms with Gasteiger partial charge in [0.25, 0.3) is 0 Å². The van der Waals surface area contributed by atoms with Gasteiger partial charge in [0.15, 0.2) is 0 Å². The highest BCUT2D eigenvalue weighted by molar-refractivity contribution is 6.84. The third-order valence-corrected chi connectivity index (χ3v) is 4.67. The van der Waals surface area contributed by atoms with Crippen LogP contribution in [0.15, 0.2) is 24.3 Å². The Morgan fingerprint density at radius 2 is 1.82 bits per heavy atom. The molecule has 1 aromatic rings. The van der Waals surface area contributed by atoms with E-state index in [1.54, 1.807) is 7.11 Å². The molecule has 0 N–H and O–H groups in total. The minimum absolute atomic E-state index is 1.32. The fourth-order valence-corrected chi connectivity index (χ4v) is 2.11. The van der Waals surface area contributed by atoms with Crippen LogP contribution in [0.3, 0.4) is 0 Å². The summed E-state index contributed by atoms with van der Waals surface area (Å²) >= 11 is 0. The molecule has 0 unspecified atom stereocenters. The summed E-state index contributed by atoms with van der Waals surface area (Å²) in [6.45, 7) is 4.37. The molecule has 1 aromatic carbocycles. The van der Waals surface area contributed by atoms with E-state index < -0.39 is 8.32 Å². The van der Waals surface area contributed by atoms with E-state index in [0.29, 0.717) is 0 Å². The van der Waals surface area contributed by atoms with Gasteiger partial charge in [-0.05, 0) is 24.3 Å². The summed E-state index contributed by atoms with van der Waals surface area (Å²) in [5.74, 6) is 0. The second-order valence-electron chi connectivity index (χ2n) is 3.00. The molecule has 0 aromatic heterocycles. The van der Waals surface area contributed by atoms with Crippen molar-refractivity contribution in [2.45, 2.75) is 13.1 Å². The zero-order valence-electron chi connectivity index (χ0n) is 7.22. The van der Waals surface area contributed by atoms with Crippen molar-refractivity contribution in [2.24, 2.45) is 0 Å². The Bertz CT molecular complexity index is 218. The molecule has 59 valence electrons. The summed E-state index contributed by atoms with van der Waals surface area (Å²) in [4.78, 5) is 0. The summed E-state index contributed by atoms with van der Waals surface area (Å²) in [6.07, 6.45) is 0. The molecule has 11 heavy (non-hydrogen) atoms. The molecule has 2 heteroatoms. The molecule has 0 bridgehead atoms. The molecule has 0 fully saturated rings. The van der Waals surface area contributed by atoms with E-state index in [-0.39, 0.29) is 0 Å². The summed E-state index contributed by atoms with van der Waals surface area (Å²) in [7, 11) is 0.207. The molecule has 0 spiro atoms. The molecule has 0 aliphatic carbocycles. The monoisotopic (exact) mass is 165 g/mol. The fraction of sp³-hybridized carbons (Fsp3) is 0.333. The second kappa shape index (κ2) is 3.20. The fourth-order valence-electron chi connectivity index (χ4n) is 0.906. The van der Waals surface area contributed by atoms with Gasteiger partial charge in [-0.25, -0.2) is 0 Å². The van der Waals surface area contributed by atoms with Gasteiger partial charge in [0.05, 0.1) is 0 Å². The van der Waals surface area contributed by atoms with E-state index in [1.165, 1.54) is 5.19 Å². The highest BCUT2D eigenvalue weighted by atomic mass is 28.4. The van der Waals surface area contributed by atoms with Gasteiger partial charge in [0.2, 0.25) is 8.32 Å². The molecule has 1 rings (SSSR count). The van der Waals surface area contributed by atoms with Gasteiger partial charge >= 0.3 is 0 Å². The normalized spacial score (nSPS) is 11.5. The predicted molar refractivity (Wildman–Crippen MR) is 49.4 cm³/mol. The van der Waals surface area contributed by atoms with Crippen molar-refractivity contribution in [3.63, 3.8) is 0 Å². The quantitative estimate of drug-likeness (QED) is 0.604. The van der Waals surface area contributed by atoms with Crippen molar-refractivity contribution in [2.75, 3.05) is 7.11 Å². The van der Waals surface area contributed by atoms with Crippen molar-refractivity contribution in [1.29, 1.82) is 0 Å². The van der Waals surface area contributed by atoms with Gasteiger partial charge in [0.1, 0.15) is 0 Å². The van der Waals surface area contributed by atoms with Crippen LogP contribution in [0.2, 0.25) is 13.1 Å². The lowest BCUT2D eigenvalue weighted by molar-refractivity contribution is 0.416. The molecule has 0 aliphatic heterocycles. The maximum Gasteiger partial charge on any atom is 0.217 e. The average Bonchev–Trinajstić information content (AvgIpc) is 2.06. The Kier molecular flexibility index (Phi) is 2.47. The second-order valence-corrected chi connectivity index (χ2v) is 7.01. The highest BCUT2D eigenvalue weighted by Crippen LogP contribution is 2.02. The third-order valence-electron chi connectivity index (χ3n) is 1.92. The first-order valence-electron chi connectivity index (χ1n) is 3.68. The van der Waals surface area contributed by atoms with Crippen LogP contribution in [0.4, 0.5) is 0 Å². The number of benzene rings is 1. The molecule has 0 heterocycles. The maximum atomic E-state index is 5.45. The lowest BCUT2D eigenvalue weighted by atomic mass is 10.4. The first-order valence-corrected chi connectivity index (χ1v) is 6.59. The van der Waals surface area contributed by atoms with Crippen molar-refractivity contribution in [3.8, 4) is 0 Å². The van der Waals surface area contributed by atoms with Gasteiger partial charge in [-0.1, -0.05) is 24.3 Å². The number of hydrogen-bond acceptors (Lipinski definition) is 1. The highest BCUT2D eigenvalue weighted by Gasteiger charge is 2.22. The van der Waals surface area contributed by atoms with Crippen molar-refractivity contribution in [1.82, 2.24) is 0 Å². The maximum absolute atomic E-state index is 5.45. The van der Waals surface area contributed by atoms with Gasteiger partial charge < -0.3 is 4.43 Å². The van der Waals surface area contributed by atoms with Crippen molar-refractivity contribution >= 4 is 13.5 Å². The van der Waals surface area contributed by atoms with E-state index >= 15 is 0 Å². The van der Waals surface area contributed by atoms with Gasteiger partial charge in [0, 0.05) is 7.11 Å². The largest absolute Gasteiger partial charge is 0.416 e. The first-order chi connectivity index (χ1) is 5.17. The Labute approximate surface area is 69.1 Å². The van der Waals surface area contributed by atoms with Crippen molar-refractivity contribution in [3.05, 3.63) is 30.3 Å². The first kappa shape index (κ1) is 8.49. The summed E-state index contributed by atoms with van der Waals surface area (Å²) in [6, 6.07) is 11.0. The molecule has 0 amide bonds. The lowest BCUT2D eigenvalue weighted by Gasteiger charge is -2.19. The van der Waals surface area contributed by atoms with Crippen LogP contribution in [0.25, 0.3) is 0 Å². The van der Waals surface area contributed by atoms with Crippen LogP contribution in [-0.4, -0.2) is 15.4 Å². The van der Waals surface area contributed by atoms with Crippen LogP contribution in [-0.2, 0) is 4.43 Å². The zero-order chi connectivity index (χ0) is 8.32. The molecular formula is C9H13OSi. The minimum Gasteiger partial charge on any atom is -0.416 e. The van der Waals surface area contributed by atoms with E-state index in [2.05, 4.69) is 31.3 Å². The number of rotatable bonds is 2. The molecule has 1 nitrogen and oxygen atoms in total. The van der Waals surface area contributed by atoms with Gasteiger partial charge in [-0.15, -0.1) is 0 Å². The minimum atomic E-state index is -1.57. The van der Waals surface area contributed by atoms with Gasteiger partial charge in [-0.3, -0.25) is 0 Å². The van der Waals surface area contributed by atoms with E-state index in [1.807, 2.05) is 12.1 Å². The molecule has 0 saturated carbocycles. The molecule has 0 atom stereocenters. The van der Waals surface area contributed by atoms with Crippen molar-refractivity contribution < 1.29 is 4.43 Å². The number of hydrogen-bond donors (Lipinski definition) is 0. The summed E-state index contributed by atoms with van der Waals surface area (Å²) < 4.78 is 5.45. The molecule has 1 radical (unpaired) electrons. The lowest BCUT2D eigenvalue weighted by Crippen LogP contribution is -2.43. The van der Waals surface area contributed by atoms with Crippen LogP contribution in [0.1, 0.15) is 0 Å². The van der Waals surface area contributed by atoms with Crippen LogP contribution >= 0.6 is 0 Å².